The molecule has 17 nitrogen and oxygen atoms in total. The largest absolute Gasteiger partial charge is 0.461 e. The van der Waals surface area contributed by atoms with Gasteiger partial charge >= 0.3 is 23.9 Å². The van der Waals surface area contributed by atoms with Crippen LogP contribution < -0.4 is 21.7 Å². The summed E-state index contributed by atoms with van der Waals surface area (Å²) in [6, 6.07) is 31.6. The van der Waals surface area contributed by atoms with Crippen molar-refractivity contribution in [2.75, 3.05) is 33.0 Å². The lowest BCUT2D eigenvalue weighted by Gasteiger charge is -2.23. The van der Waals surface area contributed by atoms with Gasteiger partial charge < -0.3 is 50.1 Å². The monoisotopic (exact) mass is 910 g/mol. The average Bonchev–Trinajstić information content (AvgIpc) is 3.34. The van der Waals surface area contributed by atoms with Crippen LogP contribution in [0.1, 0.15) is 60.8 Å². The zero-order chi connectivity index (χ0) is 47.2. The first-order chi connectivity index (χ1) is 32.1. The van der Waals surface area contributed by atoms with Crippen molar-refractivity contribution >= 4 is 41.6 Å². The Bertz CT molecular complexity index is 2090. The van der Waals surface area contributed by atoms with E-state index in [1.807, 2.05) is 12.1 Å². The van der Waals surface area contributed by atoms with E-state index in [1.165, 1.54) is 0 Å². The van der Waals surface area contributed by atoms with Gasteiger partial charge in [-0.25, -0.2) is 9.59 Å². The molecule has 0 radical (unpaired) electrons. The summed E-state index contributed by atoms with van der Waals surface area (Å²) in [5, 5.41) is 7.73. The van der Waals surface area contributed by atoms with Crippen LogP contribution in [0.3, 0.4) is 0 Å². The number of amides is 3. The Kier molecular flexibility index (Phi) is 23.7. The van der Waals surface area contributed by atoms with Crippen molar-refractivity contribution in [3.8, 4) is 0 Å². The summed E-state index contributed by atoms with van der Waals surface area (Å²) in [7, 11) is 0. The molecule has 0 saturated heterocycles. The summed E-state index contributed by atoms with van der Waals surface area (Å²) in [4.78, 5) is 93.0. The number of nitrogens with one attached hydrogen (secondary N) is 3. The van der Waals surface area contributed by atoms with Crippen molar-refractivity contribution in [1.29, 1.82) is 0 Å². The molecule has 3 atom stereocenters. The minimum Gasteiger partial charge on any atom is -0.461 e. The Labute approximate surface area is 384 Å². The summed E-state index contributed by atoms with van der Waals surface area (Å²) in [5.74, 6) is -5.22. The van der Waals surface area contributed by atoms with Gasteiger partial charge in [-0.2, -0.15) is 0 Å². The van der Waals surface area contributed by atoms with E-state index in [0.29, 0.717) is 24.3 Å². The van der Waals surface area contributed by atoms with Gasteiger partial charge in [0.25, 0.3) is 0 Å². The Hall–Kier alpha value is -6.95. The number of nitrogens with two attached hydrogens (primary N) is 1. The van der Waals surface area contributed by atoms with Crippen LogP contribution in [0, 0.1) is 0 Å². The molecule has 0 aliphatic rings. The molecule has 4 aromatic rings. The molecule has 4 rings (SSSR count). The van der Waals surface area contributed by atoms with E-state index in [4.69, 9.17) is 34.2 Å². The topological polar surface area (TPSA) is 237 Å². The number of hydrogen-bond acceptors (Lipinski definition) is 14. The normalized spacial score (nSPS) is 12.1. The minimum atomic E-state index is -1.42. The molecule has 17 heteroatoms. The number of benzene rings is 4. The quantitative estimate of drug-likeness (QED) is 0.0332. The number of rotatable bonds is 30. The lowest BCUT2D eigenvalue weighted by molar-refractivity contribution is -0.151. The Balaban J connectivity index is 1.44. The van der Waals surface area contributed by atoms with Crippen LogP contribution in [-0.2, 0) is 88.4 Å². The van der Waals surface area contributed by atoms with Crippen molar-refractivity contribution in [3.05, 3.63) is 144 Å². The summed E-state index contributed by atoms with van der Waals surface area (Å²) in [5.41, 5.74) is 8.33. The number of ether oxygens (including phenoxy) is 6. The highest BCUT2D eigenvalue weighted by Crippen LogP contribution is 2.12. The Morgan fingerprint density at radius 3 is 1.24 bits per heavy atom. The predicted molar refractivity (Wildman–Crippen MR) is 239 cm³/mol. The Morgan fingerprint density at radius 2 is 0.803 bits per heavy atom. The van der Waals surface area contributed by atoms with Crippen LogP contribution in [0.2, 0.25) is 0 Å². The average molecular weight is 911 g/mol. The molecule has 3 amide bonds. The maximum Gasteiger partial charge on any atom is 0.328 e. The molecular weight excluding hydrogens is 853 g/mol. The molecular formula is C49H58N4O13. The molecule has 0 spiro atoms. The maximum absolute atomic E-state index is 14.0. The smallest absolute Gasteiger partial charge is 0.328 e. The third-order valence-corrected chi connectivity index (χ3v) is 9.61. The molecule has 0 aliphatic heterocycles. The van der Waals surface area contributed by atoms with Gasteiger partial charge in [0.2, 0.25) is 17.7 Å². The zero-order valence-corrected chi connectivity index (χ0v) is 36.8. The predicted octanol–water partition coefficient (Wildman–Crippen LogP) is 3.75. The van der Waals surface area contributed by atoms with E-state index in [9.17, 15) is 33.6 Å². The van der Waals surface area contributed by atoms with Crippen molar-refractivity contribution in [3.63, 3.8) is 0 Å². The van der Waals surface area contributed by atoms with E-state index < -0.39 is 72.8 Å². The summed E-state index contributed by atoms with van der Waals surface area (Å²) in [6.45, 7) is 0.113. The zero-order valence-electron chi connectivity index (χ0n) is 36.8. The highest BCUT2D eigenvalue weighted by Gasteiger charge is 2.30. The van der Waals surface area contributed by atoms with Gasteiger partial charge in [0.15, 0.2) is 0 Å². The first-order valence-corrected chi connectivity index (χ1v) is 21.6. The van der Waals surface area contributed by atoms with Gasteiger partial charge in [-0.05, 0) is 41.5 Å². The second-order valence-corrected chi connectivity index (χ2v) is 14.9. The van der Waals surface area contributed by atoms with Crippen LogP contribution in [0.4, 0.5) is 0 Å². The number of hydrogen-bond donors (Lipinski definition) is 4. The van der Waals surface area contributed by atoms with E-state index in [0.717, 1.165) is 11.1 Å². The molecule has 0 bridgehead atoms. The number of carbonyl (C=O) groups excluding carboxylic acids is 7. The van der Waals surface area contributed by atoms with Crippen LogP contribution in [0.15, 0.2) is 121 Å². The fraction of sp³-hybridized carbons (Fsp3) is 0.367. The molecule has 0 saturated carbocycles. The molecule has 0 aromatic heterocycles. The summed E-state index contributed by atoms with van der Waals surface area (Å²) in [6.07, 6.45) is -1.64. The van der Waals surface area contributed by atoms with Crippen LogP contribution >= 0.6 is 0 Å². The molecule has 5 N–H and O–H groups in total. The first kappa shape index (κ1) is 51.7. The van der Waals surface area contributed by atoms with E-state index in [1.54, 1.807) is 109 Å². The Morgan fingerprint density at radius 1 is 0.424 bits per heavy atom. The van der Waals surface area contributed by atoms with Gasteiger partial charge in [-0.15, -0.1) is 0 Å². The second-order valence-electron chi connectivity index (χ2n) is 14.9. The molecule has 0 fully saturated rings. The van der Waals surface area contributed by atoms with Crippen LogP contribution in [0.5, 0.6) is 0 Å². The van der Waals surface area contributed by atoms with Gasteiger partial charge in [0, 0.05) is 25.8 Å². The summed E-state index contributed by atoms with van der Waals surface area (Å²) < 4.78 is 32.4. The lowest BCUT2D eigenvalue weighted by atomic mass is 10.1. The summed E-state index contributed by atoms with van der Waals surface area (Å²) >= 11 is 0. The van der Waals surface area contributed by atoms with Gasteiger partial charge in [0.05, 0.1) is 19.8 Å². The van der Waals surface area contributed by atoms with Gasteiger partial charge in [-0.3, -0.25) is 24.0 Å². The second kappa shape index (κ2) is 30.2. The van der Waals surface area contributed by atoms with Crippen molar-refractivity contribution in [2.24, 2.45) is 5.73 Å². The van der Waals surface area contributed by atoms with E-state index in [-0.39, 0.29) is 71.7 Å². The van der Waals surface area contributed by atoms with Crippen molar-refractivity contribution < 1.29 is 62.0 Å². The highest BCUT2D eigenvalue weighted by atomic mass is 16.5. The third-order valence-electron chi connectivity index (χ3n) is 9.61. The van der Waals surface area contributed by atoms with E-state index >= 15 is 0 Å². The minimum absolute atomic E-state index is 0.00348. The fourth-order valence-corrected chi connectivity index (χ4v) is 6.09. The number of esters is 4. The maximum atomic E-state index is 14.0. The molecule has 0 heterocycles. The highest BCUT2D eigenvalue weighted by molar-refractivity contribution is 5.92. The van der Waals surface area contributed by atoms with Crippen LogP contribution in [0.25, 0.3) is 0 Å². The van der Waals surface area contributed by atoms with Crippen molar-refractivity contribution in [2.45, 2.75) is 83.1 Å². The van der Waals surface area contributed by atoms with Gasteiger partial charge in [-0.1, -0.05) is 121 Å². The lowest BCUT2D eigenvalue weighted by Crippen LogP contribution is -2.53. The molecule has 4 aromatic carbocycles. The molecule has 0 aliphatic carbocycles. The third kappa shape index (κ3) is 21.2. The van der Waals surface area contributed by atoms with Gasteiger partial charge in [0.1, 0.15) is 51.2 Å². The SMILES string of the molecule is NCCOCCOCC(=O)NC(CCC(=O)NC(CCC(=O)OCc1ccccc1)C(=O)OCc1ccccc1)C(=O)NC(CCC(=O)OCc1ccccc1)C(=O)OCc1ccccc1. The standard InChI is InChI=1S/C49H58N4O13/c50-27-28-61-29-30-62-35-44(55)51-40(47(58)53-42(49(60)66-34-39-19-11-4-12-20-39)23-26-46(57)64-32-37-15-7-2-8-16-37)21-24-43(54)52-41(48(59)65-33-38-17-9-3-10-18-38)22-25-45(56)63-31-36-13-5-1-6-14-36/h1-20,40-42H,21-35,50H2,(H,51,55)(H,52,54)(H,53,58). The molecule has 3 unspecified atom stereocenters. The molecule has 66 heavy (non-hydrogen) atoms. The van der Waals surface area contributed by atoms with Crippen LogP contribution in [-0.4, -0.2) is 92.7 Å². The van der Waals surface area contributed by atoms with E-state index in [2.05, 4.69) is 16.0 Å². The first-order valence-electron chi connectivity index (χ1n) is 21.6. The fourth-order valence-electron chi connectivity index (χ4n) is 6.09. The molecule has 352 valence electrons. The van der Waals surface area contributed by atoms with Crippen molar-refractivity contribution in [1.82, 2.24) is 16.0 Å². The number of carbonyl (C=O) groups is 7.